The number of carbonyl (C=O) groups excluding carboxylic acids is 3. The molecule has 0 spiro atoms. The molecule has 2 heterocycles. The smallest absolute Gasteiger partial charge is 0.337 e. The maximum atomic E-state index is 13.8. The van der Waals surface area contributed by atoms with E-state index in [1.807, 2.05) is 38.1 Å². The lowest BCUT2D eigenvalue weighted by atomic mass is 10.1. The van der Waals surface area contributed by atoms with Crippen molar-refractivity contribution in [1.29, 1.82) is 0 Å². The SMILES string of the molecule is COC(=O)c1ccc(-c2ccc(/C=C3/C(=O)N(c4ccccc4)C(=S)N(c4ccc(C)c(C)c4)C3=O)o2)cc1. The summed E-state index contributed by atoms with van der Waals surface area (Å²) in [4.78, 5) is 41.9. The molecule has 8 heteroatoms. The van der Waals surface area contributed by atoms with Crippen molar-refractivity contribution in [1.82, 2.24) is 0 Å². The fourth-order valence-electron chi connectivity index (χ4n) is 4.24. The molecule has 1 aromatic heterocycles. The minimum atomic E-state index is -0.545. The second-order valence-electron chi connectivity index (χ2n) is 9.00. The molecule has 0 radical (unpaired) electrons. The van der Waals surface area contributed by atoms with E-state index in [2.05, 4.69) is 0 Å². The average molecular weight is 537 g/mol. The zero-order chi connectivity index (χ0) is 27.7. The summed E-state index contributed by atoms with van der Waals surface area (Å²) >= 11 is 5.69. The van der Waals surface area contributed by atoms with Gasteiger partial charge in [0.2, 0.25) is 0 Å². The number of ether oxygens (including phenoxy) is 1. The van der Waals surface area contributed by atoms with Crippen molar-refractivity contribution in [2.24, 2.45) is 0 Å². The maximum Gasteiger partial charge on any atom is 0.337 e. The summed E-state index contributed by atoms with van der Waals surface area (Å²) in [6.07, 6.45) is 1.43. The van der Waals surface area contributed by atoms with Gasteiger partial charge in [0, 0.05) is 5.56 Å². The number of hydrogen-bond acceptors (Lipinski definition) is 6. The molecule has 3 aromatic carbocycles. The molecule has 0 bridgehead atoms. The first-order chi connectivity index (χ1) is 18.8. The Morgan fingerprint density at radius 3 is 2.13 bits per heavy atom. The fourth-order valence-corrected chi connectivity index (χ4v) is 4.62. The van der Waals surface area contributed by atoms with Crippen molar-refractivity contribution in [2.75, 3.05) is 16.9 Å². The van der Waals surface area contributed by atoms with Gasteiger partial charge < -0.3 is 9.15 Å². The third-order valence-electron chi connectivity index (χ3n) is 6.52. The highest BCUT2D eigenvalue weighted by molar-refractivity contribution is 7.81. The molecule has 2 amide bonds. The van der Waals surface area contributed by atoms with Gasteiger partial charge in [0.15, 0.2) is 5.11 Å². The number of methoxy groups -OCH3 is 1. The predicted octanol–water partition coefficient (Wildman–Crippen LogP) is 6.10. The summed E-state index contributed by atoms with van der Waals surface area (Å²) < 4.78 is 10.7. The number of thiocarbonyl (C=S) groups is 1. The molecule has 4 aromatic rings. The molecule has 0 N–H and O–H groups in total. The van der Waals surface area contributed by atoms with E-state index in [0.29, 0.717) is 28.5 Å². The van der Waals surface area contributed by atoms with Crippen LogP contribution in [-0.4, -0.2) is 30.0 Å². The van der Waals surface area contributed by atoms with E-state index in [1.165, 1.54) is 23.0 Å². The van der Waals surface area contributed by atoms with Crippen molar-refractivity contribution in [3.63, 3.8) is 0 Å². The van der Waals surface area contributed by atoms with Gasteiger partial charge in [0.25, 0.3) is 11.8 Å². The highest BCUT2D eigenvalue weighted by atomic mass is 32.1. The Morgan fingerprint density at radius 1 is 0.821 bits per heavy atom. The number of benzene rings is 3. The van der Waals surface area contributed by atoms with Crippen LogP contribution in [0.15, 0.2) is 94.9 Å². The van der Waals surface area contributed by atoms with Gasteiger partial charge in [0.1, 0.15) is 17.1 Å². The molecule has 7 nitrogen and oxygen atoms in total. The number of para-hydroxylation sites is 1. The Morgan fingerprint density at radius 2 is 1.49 bits per heavy atom. The van der Waals surface area contributed by atoms with Crippen LogP contribution in [0.3, 0.4) is 0 Å². The van der Waals surface area contributed by atoms with Crippen LogP contribution in [0.2, 0.25) is 0 Å². The van der Waals surface area contributed by atoms with Crippen molar-refractivity contribution in [3.05, 3.63) is 113 Å². The number of carbonyl (C=O) groups is 3. The van der Waals surface area contributed by atoms with Crippen molar-refractivity contribution >= 4 is 52.6 Å². The number of hydrogen-bond donors (Lipinski definition) is 0. The number of rotatable bonds is 5. The summed E-state index contributed by atoms with van der Waals surface area (Å²) in [6, 6.07) is 24.7. The highest BCUT2D eigenvalue weighted by Gasteiger charge is 2.41. The average Bonchev–Trinajstić information content (AvgIpc) is 3.42. The van der Waals surface area contributed by atoms with E-state index < -0.39 is 17.8 Å². The normalized spacial score (nSPS) is 14.7. The first-order valence-electron chi connectivity index (χ1n) is 12.1. The first-order valence-corrected chi connectivity index (χ1v) is 12.5. The topological polar surface area (TPSA) is 80.1 Å². The number of nitrogens with zero attached hydrogens (tertiary/aromatic N) is 2. The molecule has 0 aliphatic carbocycles. The van der Waals surface area contributed by atoms with Gasteiger partial charge in [-0.1, -0.05) is 36.4 Å². The first kappa shape index (κ1) is 25.8. The van der Waals surface area contributed by atoms with Crippen LogP contribution >= 0.6 is 12.2 Å². The van der Waals surface area contributed by atoms with Crippen molar-refractivity contribution < 1.29 is 23.5 Å². The van der Waals surface area contributed by atoms with Gasteiger partial charge >= 0.3 is 5.97 Å². The summed E-state index contributed by atoms with van der Waals surface area (Å²) in [5.41, 5.74) is 4.22. The lowest BCUT2D eigenvalue weighted by Crippen LogP contribution is -2.57. The Balaban J connectivity index is 1.55. The van der Waals surface area contributed by atoms with Crippen LogP contribution in [-0.2, 0) is 14.3 Å². The van der Waals surface area contributed by atoms with Gasteiger partial charge in [-0.25, -0.2) is 4.79 Å². The van der Waals surface area contributed by atoms with Crippen molar-refractivity contribution in [2.45, 2.75) is 13.8 Å². The molecule has 5 rings (SSSR count). The zero-order valence-corrected chi connectivity index (χ0v) is 22.3. The lowest BCUT2D eigenvalue weighted by Gasteiger charge is -2.36. The number of anilines is 2. The van der Waals surface area contributed by atoms with Crippen LogP contribution < -0.4 is 9.80 Å². The summed E-state index contributed by atoms with van der Waals surface area (Å²) in [5.74, 6) is -0.692. The van der Waals surface area contributed by atoms with Crippen LogP contribution in [0.1, 0.15) is 27.2 Å². The van der Waals surface area contributed by atoms with Crippen LogP contribution in [0, 0.1) is 13.8 Å². The van der Waals surface area contributed by atoms with E-state index in [-0.39, 0.29) is 10.7 Å². The molecule has 1 aliphatic heterocycles. The molecule has 0 saturated carbocycles. The van der Waals surface area contributed by atoms with E-state index in [0.717, 1.165) is 16.7 Å². The number of aryl methyl sites for hydroxylation is 2. The molecular weight excluding hydrogens is 512 g/mol. The Bertz CT molecular complexity index is 1640. The van der Waals surface area contributed by atoms with Crippen molar-refractivity contribution in [3.8, 4) is 11.3 Å². The number of esters is 1. The molecule has 194 valence electrons. The molecular formula is C31H24N2O5S. The van der Waals surface area contributed by atoms with Crippen LogP contribution in [0.5, 0.6) is 0 Å². The minimum absolute atomic E-state index is 0.0717. The fraction of sp³-hybridized carbons (Fsp3) is 0.0968. The summed E-state index contributed by atoms with van der Waals surface area (Å²) in [5, 5.41) is 0.0717. The molecule has 1 aliphatic rings. The summed E-state index contributed by atoms with van der Waals surface area (Å²) in [6.45, 7) is 3.94. The summed E-state index contributed by atoms with van der Waals surface area (Å²) in [7, 11) is 1.32. The maximum absolute atomic E-state index is 13.8. The zero-order valence-electron chi connectivity index (χ0n) is 21.5. The van der Waals surface area contributed by atoms with E-state index >= 15 is 0 Å². The second-order valence-corrected chi connectivity index (χ2v) is 9.36. The second kappa shape index (κ2) is 10.5. The Kier molecular flexibility index (Phi) is 6.96. The number of furan rings is 1. The third kappa shape index (κ3) is 4.89. The highest BCUT2D eigenvalue weighted by Crippen LogP contribution is 2.32. The van der Waals surface area contributed by atoms with Gasteiger partial charge in [-0.2, -0.15) is 0 Å². The monoisotopic (exact) mass is 536 g/mol. The molecule has 39 heavy (non-hydrogen) atoms. The quantitative estimate of drug-likeness (QED) is 0.133. The van der Waals surface area contributed by atoms with Gasteiger partial charge in [-0.3, -0.25) is 19.4 Å². The van der Waals surface area contributed by atoms with Gasteiger partial charge in [-0.05, 0) is 91.8 Å². The van der Waals surface area contributed by atoms with Crippen LogP contribution in [0.25, 0.3) is 17.4 Å². The molecule has 0 unspecified atom stereocenters. The Hall–Kier alpha value is -4.82. The molecule has 0 atom stereocenters. The molecule has 1 fully saturated rings. The standard InChI is InChI=1S/C31H24N2O5S/c1-19-9-14-24(17-20(19)2)33-29(35)26(28(34)32(31(33)39)23-7-5-4-6-8-23)18-25-15-16-27(38-25)21-10-12-22(13-11-21)30(36)37-3/h4-18H,1-3H3/b26-18-. The minimum Gasteiger partial charge on any atom is -0.465 e. The van der Waals surface area contributed by atoms with Crippen LogP contribution in [0.4, 0.5) is 11.4 Å². The third-order valence-corrected chi connectivity index (χ3v) is 6.88. The Labute approximate surface area is 230 Å². The van der Waals surface area contributed by atoms with E-state index in [9.17, 15) is 14.4 Å². The predicted molar refractivity (Wildman–Crippen MR) is 153 cm³/mol. The van der Waals surface area contributed by atoms with E-state index in [4.69, 9.17) is 21.4 Å². The lowest BCUT2D eigenvalue weighted by molar-refractivity contribution is -0.120. The van der Waals surface area contributed by atoms with E-state index in [1.54, 1.807) is 60.7 Å². The number of amides is 2. The largest absolute Gasteiger partial charge is 0.465 e. The van der Waals surface area contributed by atoms with Gasteiger partial charge in [-0.15, -0.1) is 0 Å². The molecule has 1 saturated heterocycles. The van der Waals surface area contributed by atoms with Gasteiger partial charge in [0.05, 0.1) is 24.0 Å².